The van der Waals surface area contributed by atoms with Gasteiger partial charge in [0.05, 0.1) is 0 Å². The van der Waals surface area contributed by atoms with Crippen LogP contribution in [0.2, 0.25) is 0 Å². The molecule has 0 spiro atoms. The molecule has 0 heterocycles. The van der Waals surface area contributed by atoms with E-state index in [-0.39, 0.29) is 0 Å². The molecule has 2 nitrogen and oxygen atoms in total. The Morgan fingerprint density at radius 3 is 2.67 bits per heavy atom. The van der Waals surface area contributed by atoms with Crippen molar-refractivity contribution in [2.75, 3.05) is 18.4 Å². The van der Waals surface area contributed by atoms with Gasteiger partial charge in [-0.2, -0.15) is 0 Å². The van der Waals surface area contributed by atoms with Crippen molar-refractivity contribution < 1.29 is 0 Å². The zero-order valence-electron chi connectivity index (χ0n) is 9.63. The number of aryl methyl sites for hydroxylation is 1. The smallest absolute Gasteiger partial charge is 0.0342 e. The first-order valence-electron chi connectivity index (χ1n) is 5.83. The Balaban J connectivity index is 2.10. The molecule has 15 heavy (non-hydrogen) atoms. The molecule has 0 saturated carbocycles. The summed E-state index contributed by atoms with van der Waals surface area (Å²) in [5, 5.41) is 3.43. The van der Waals surface area contributed by atoms with Crippen molar-refractivity contribution in [2.45, 2.75) is 32.6 Å². The number of nitrogens with one attached hydrogen (secondary N) is 1. The molecule has 0 aliphatic carbocycles. The van der Waals surface area contributed by atoms with Crippen molar-refractivity contribution in [1.29, 1.82) is 0 Å². The Morgan fingerprint density at radius 1 is 1.13 bits per heavy atom. The second-order valence-electron chi connectivity index (χ2n) is 4.00. The molecule has 1 aromatic carbocycles. The van der Waals surface area contributed by atoms with Crippen molar-refractivity contribution in [1.82, 2.24) is 0 Å². The molecule has 1 aromatic rings. The van der Waals surface area contributed by atoms with Crippen LogP contribution in [-0.4, -0.2) is 13.1 Å². The van der Waals surface area contributed by atoms with Crippen LogP contribution in [0.25, 0.3) is 0 Å². The highest BCUT2D eigenvalue weighted by molar-refractivity contribution is 5.45. The van der Waals surface area contributed by atoms with E-state index < -0.39 is 0 Å². The minimum absolute atomic E-state index is 0.825. The molecular formula is C13H22N2. The third-order valence-electron chi connectivity index (χ3n) is 2.48. The van der Waals surface area contributed by atoms with E-state index in [2.05, 4.69) is 36.5 Å². The highest BCUT2D eigenvalue weighted by Crippen LogP contribution is 2.09. The molecule has 1 rings (SSSR count). The molecular weight excluding hydrogens is 184 g/mol. The summed E-state index contributed by atoms with van der Waals surface area (Å²) in [6, 6.07) is 8.51. The van der Waals surface area contributed by atoms with Crippen LogP contribution in [0.4, 0.5) is 5.69 Å². The van der Waals surface area contributed by atoms with Crippen LogP contribution in [0.3, 0.4) is 0 Å². The van der Waals surface area contributed by atoms with Gasteiger partial charge >= 0.3 is 0 Å². The molecule has 0 aromatic heterocycles. The maximum atomic E-state index is 5.44. The van der Waals surface area contributed by atoms with E-state index in [1.807, 2.05) is 0 Å². The molecule has 0 bridgehead atoms. The lowest BCUT2D eigenvalue weighted by atomic mass is 10.2. The predicted molar refractivity (Wildman–Crippen MR) is 67.2 cm³/mol. The first kappa shape index (κ1) is 12.1. The summed E-state index contributed by atoms with van der Waals surface area (Å²) in [5.41, 5.74) is 7.97. The minimum Gasteiger partial charge on any atom is -0.385 e. The van der Waals surface area contributed by atoms with E-state index in [4.69, 9.17) is 5.73 Å². The molecule has 0 unspecified atom stereocenters. The van der Waals surface area contributed by atoms with Crippen molar-refractivity contribution in [3.63, 3.8) is 0 Å². The van der Waals surface area contributed by atoms with Gasteiger partial charge in [0.25, 0.3) is 0 Å². The van der Waals surface area contributed by atoms with Crippen molar-refractivity contribution in [3.8, 4) is 0 Å². The Labute approximate surface area is 92.9 Å². The standard InChI is InChI=1S/C13H22N2/c1-12-7-6-8-13(11-12)15-10-5-3-2-4-9-14/h6-8,11,15H,2-5,9-10,14H2,1H3. The van der Waals surface area contributed by atoms with Gasteiger partial charge in [-0.15, -0.1) is 0 Å². The molecule has 0 aliphatic heterocycles. The lowest BCUT2D eigenvalue weighted by molar-refractivity contribution is 0.661. The van der Waals surface area contributed by atoms with Gasteiger partial charge in [-0.3, -0.25) is 0 Å². The summed E-state index contributed by atoms with van der Waals surface area (Å²) in [6.07, 6.45) is 4.92. The van der Waals surface area contributed by atoms with Crippen LogP contribution in [0.1, 0.15) is 31.2 Å². The van der Waals surface area contributed by atoms with E-state index >= 15 is 0 Å². The second kappa shape index (κ2) is 7.30. The lowest BCUT2D eigenvalue weighted by Crippen LogP contribution is -2.02. The highest BCUT2D eigenvalue weighted by atomic mass is 14.9. The van der Waals surface area contributed by atoms with Gasteiger partial charge in [0.2, 0.25) is 0 Å². The number of hydrogen-bond acceptors (Lipinski definition) is 2. The van der Waals surface area contributed by atoms with Gasteiger partial charge in [-0.05, 0) is 44.0 Å². The van der Waals surface area contributed by atoms with Crippen LogP contribution < -0.4 is 11.1 Å². The van der Waals surface area contributed by atoms with Gasteiger partial charge in [-0.25, -0.2) is 0 Å². The third-order valence-corrected chi connectivity index (χ3v) is 2.48. The lowest BCUT2D eigenvalue weighted by Gasteiger charge is -2.06. The Bertz CT molecular complexity index is 271. The number of rotatable bonds is 7. The van der Waals surface area contributed by atoms with Gasteiger partial charge in [0, 0.05) is 12.2 Å². The van der Waals surface area contributed by atoms with Gasteiger partial charge in [0.1, 0.15) is 0 Å². The molecule has 0 atom stereocenters. The van der Waals surface area contributed by atoms with E-state index in [9.17, 15) is 0 Å². The van der Waals surface area contributed by atoms with E-state index in [1.165, 1.54) is 30.5 Å². The summed E-state index contributed by atoms with van der Waals surface area (Å²) in [7, 11) is 0. The van der Waals surface area contributed by atoms with Gasteiger partial charge in [-0.1, -0.05) is 25.0 Å². The van der Waals surface area contributed by atoms with Gasteiger partial charge in [0.15, 0.2) is 0 Å². The summed E-state index contributed by atoms with van der Waals surface area (Å²) in [4.78, 5) is 0. The summed E-state index contributed by atoms with van der Waals surface area (Å²) < 4.78 is 0. The Kier molecular flexibility index (Phi) is 5.86. The molecule has 84 valence electrons. The average molecular weight is 206 g/mol. The summed E-state index contributed by atoms with van der Waals surface area (Å²) in [6.45, 7) is 4.01. The van der Waals surface area contributed by atoms with Crippen LogP contribution in [0, 0.1) is 6.92 Å². The topological polar surface area (TPSA) is 38.0 Å². The largest absolute Gasteiger partial charge is 0.385 e. The third kappa shape index (κ3) is 5.43. The molecule has 0 fully saturated rings. The summed E-state index contributed by atoms with van der Waals surface area (Å²) >= 11 is 0. The fourth-order valence-corrected chi connectivity index (χ4v) is 1.61. The van der Waals surface area contributed by atoms with Crippen LogP contribution in [0.15, 0.2) is 24.3 Å². The molecule has 2 heteroatoms. The number of unbranched alkanes of at least 4 members (excludes halogenated alkanes) is 3. The van der Waals surface area contributed by atoms with E-state index in [0.29, 0.717) is 0 Å². The van der Waals surface area contributed by atoms with Crippen molar-refractivity contribution in [3.05, 3.63) is 29.8 Å². The van der Waals surface area contributed by atoms with Crippen LogP contribution in [-0.2, 0) is 0 Å². The normalized spacial score (nSPS) is 10.3. The zero-order chi connectivity index (χ0) is 10.9. The Morgan fingerprint density at radius 2 is 1.93 bits per heavy atom. The maximum absolute atomic E-state index is 5.44. The molecule has 0 radical (unpaired) electrons. The molecule has 0 saturated heterocycles. The fourth-order valence-electron chi connectivity index (χ4n) is 1.61. The van der Waals surface area contributed by atoms with Crippen molar-refractivity contribution >= 4 is 5.69 Å². The van der Waals surface area contributed by atoms with Crippen molar-refractivity contribution in [2.24, 2.45) is 5.73 Å². The van der Waals surface area contributed by atoms with E-state index in [0.717, 1.165) is 19.5 Å². The molecule has 0 aliphatic rings. The molecule has 3 N–H and O–H groups in total. The van der Waals surface area contributed by atoms with Gasteiger partial charge < -0.3 is 11.1 Å². The average Bonchev–Trinajstić information content (AvgIpc) is 2.23. The number of hydrogen-bond donors (Lipinski definition) is 2. The minimum atomic E-state index is 0.825. The quantitative estimate of drug-likeness (QED) is 0.673. The fraction of sp³-hybridized carbons (Fsp3) is 0.538. The highest BCUT2D eigenvalue weighted by Gasteiger charge is 1.92. The second-order valence-corrected chi connectivity index (χ2v) is 4.00. The first-order chi connectivity index (χ1) is 7.33. The van der Waals surface area contributed by atoms with Crippen LogP contribution in [0.5, 0.6) is 0 Å². The number of benzene rings is 1. The SMILES string of the molecule is Cc1cccc(NCCCCCCN)c1. The maximum Gasteiger partial charge on any atom is 0.0342 e. The number of nitrogens with two attached hydrogens (primary N) is 1. The first-order valence-corrected chi connectivity index (χ1v) is 5.83. The molecule has 0 amide bonds. The van der Waals surface area contributed by atoms with Crippen LogP contribution >= 0.6 is 0 Å². The predicted octanol–water partition coefficient (Wildman–Crippen LogP) is 2.93. The summed E-state index contributed by atoms with van der Waals surface area (Å²) in [5.74, 6) is 0. The Hall–Kier alpha value is -1.02. The zero-order valence-corrected chi connectivity index (χ0v) is 9.63. The number of anilines is 1. The van der Waals surface area contributed by atoms with E-state index in [1.54, 1.807) is 0 Å². The monoisotopic (exact) mass is 206 g/mol.